The number of hydrogen-bond donors (Lipinski definition) is 3. The number of nitrogens with one attached hydrogen (secondary N) is 2. The summed E-state index contributed by atoms with van der Waals surface area (Å²) in [5, 5.41) is 14.9. The molecule has 0 radical (unpaired) electrons. The molecule has 0 aliphatic carbocycles. The van der Waals surface area contributed by atoms with E-state index >= 15 is 0 Å². The van der Waals surface area contributed by atoms with E-state index in [0.29, 0.717) is 10.7 Å². The molecule has 1 aromatic carbocycles. The highest BCUT2D eigenvalue weighted by atomic mass is 35.5. The maximum Gasteiger partial charge on any atom is 0.335 e. The number of amides is 1. The van der Waals surface area contributed by atoms with Crippen molar-refractivity contribution in [3.8, 4) is 0 Å². The van der Waals surface area contributed by atoms with Crippen LogP contribution in [0.5, 0.6) is 0 Å². The molecule has 1 aliphatic heterocycles. The van der Waals surface area contributed by atoms with Crippen LogP contribution < -0.4 is 10.6 Å². The average molecular weight is 269 g/mol. The molecule has 1 heterocycles. The molecule has 1 fully saturated rings. The van der Waals surface area contributed by atoms with Gasteiger partial charge in [0.2, 0.25) is 5.91 Å². The Morgan fingerprint density at radius 2 is 2.22 bits per heavy atom. The number of rotatable bonds is 3. The van der Waals surface area contributed by atoms with E-state index in [0.717, 1.165) is 19.4 Å². The Morgan fingerprint density at radius 3 is 2.83 bits per heavy atom. The summed E-state index contributed by atoms with van der Waals surface area (Å²) in [5.74, 6) is -1.24. The van der Waals surface area contributed by atoms with Crippen LogP contribution >= 0.6 is 11.6 Å². The Morgan fingerprint density at radius 1 is 1.44 bits per heavy atom. The molecule has 0 saturated carbocycles. The van der Waals surface area contributed by atoms with Crippen molar-refractivity contribution in [3.63, 3.8) is 0 Å². The minimum atomic E-state index is -1.05. The molecular weight excluding hydrogens is 256 g/mol. The van der Waals surface area contributed by atoms with Gasteiger partial charge in [0.1, 0.15) is 0 Å². The van der Waals surface area contributed by atoms with Crippen molar-refractivity contribution in [1.82, 2.24) is 5.32 Å². The molecule has 0 aromatic heterocycles. The van der Waals surface area contributed by atoms with E-state index in [1.807, 2.05) is 0 Å². The number of carboxylic acid groups (broad SMARTS) is 1. The van der Waals surface area contributed by atoms with Crippen molar-refractivity contribution in [1.29, 1.82) is 0 Å². The molecule has 0 spiro atoms. The molecule has 96 valence electrons. The molecule has 18 heavy (non-hydrogen) atoms. The van der Waals surface area contributed by atoms with E-state index < -0.39 is 5.97 Å². The minimum Gasteiger partial charge on any atom is -0.478 e. The maximum absolute atomic E-state index is 11.9. The largest absolute Gasteiger partial charge is 0.478 e. The Bertz CT molecular complexity index is 484. The molecule has 5 nitrogen and oxygen atoms in total. The average Bonchev–Trinajstić information content (AvgIpc) is 2.85. The third-order valence-electron chi connectivity index (χ3n) is 2.85. The van der Waals surface area contributed by atoms with Gasteiger partial charge in [-0.05, 0) is 37.6 Å². The minimum absolute atomic E-state index is 0.0917. The van der Waals surface area contributed by atoms with Crippen molar-refractivity contribution in [2.24, 2.45) is 0 Å². The summed E-state index contributed by atoms with van der Waals surface area (Å²) < 4.78 is 0. The number of carboxylic acids is 1. The lowest BCUT2D eigenvalue weighted by Crippen LogP contribution is -2.35. The van der Waals surface area contributed by atoms with Gasteiger partial charge in [0, 0.05) is 0 Å². The van der Waals surface area contributed by atoms with Gasteiger partial charge in [0.05, 0.1) is 22.3 Å². The summed E-state index contributed by atoms with van der Waals surface area (Å²) >= 11 is 5.92. The maximum atomic E-state index is 11.9. The van der Waals surface area contributed by atoms with Crippen molar-refractivity contribution in [2.45, 2.75) is 18.9 Å². The predicted molar refractivity (Wildman–Crippen MR) is 68.1 cm³/mol. The zero-order valence-corrected chi connectivity index (χ0v) is 10.3. The first kappa shape index (κ1) is 12.9. The monoisotopic (exact) mass is 268 g/mol. The zero-order valence-electron chi connectivity index (χ0n) is 9.57. The quantitative estimate of drug-likeness (QED) is 0.780. The van der Waals surface area contributed by atoms with Gasteiger partial charge in [0.25, 0.3) is 0 Å². The van der Waals surface area contributed by atoms with Crippen LogP contribution in [0.2, 0.25) is 5.02 Å². The first-order chi connectivity index (χ1) is 8.58. The summed E-state index contributed by atoms with van der Waals surface area (Å²) in [4.78, 5) is 22.7. The van der Waals surface area contributed by atoms with E-state index in [4.69, 9.17) is 16.7 Å². The Hall–Kier alpha value is -1.59. The lowest BCUT2D eigenvalue weighted by Gasteiger charge is -2.12. The van der Waals surface area contributed by atoms with E-state index in [1.165, 1.54) is 18.2 Å². The molecule has 0 unspecified atom stereocenters. The summed E-state index contributed by atoms with van der Waals surface area (Å²) in [6.45, 7) is 0.820. The first-order valence-electron chi connectivity index (χ1n) is 5.65. The van der Waals surface area contributed by atoms with Crippen molar-refractivity contribution < 1.29 is 14.7 Å². The smallest absolute Gasteiger partial charge is 0.335 e. The van der Waals surface area contributed by atoms with Crippen LogP contribution in [-0.2, 0) is 4.79 Å². The van der Waals surface area contributed by atoms with Gasteiger partial charge < -0.3 is 15.7 Å². The molecule has 0 bridgehead atoms. The van der Waals surface area contributed by atoms with Gasteiger partial charge in [-0.3, -0.25) is 4.79 Å². The third kappa shape index (κ3) is 2.80. The molecule has 1 atom stereocenters. The van der Waals surface area contributed by atoms with Gasteiger partial charge in [-0.15, -0.1) is 0 Å². The van der Waals surface area contributed by atoms with Crippen LogP contribution in [0.15, 0.2) is 18.2 Å². The number of benzene rings is 1. The van der Waals surface area contributed by atoms with Gasteiger partial charge >= 0.3 is 5.97 Å². The van der Waals surface area contributed by atoms with Gasteiger partial charge in [0.15, 0.2) is 0 Å². The van der Waals surface area contributed by atoms with Crippen LogP contribution in [0.25, 0.3) is 0 Å². The van der Waals surface area contributed by atoms with E-state index in [1.54, 1.807) is 0 Å². The number of anilines is 1. The molecule has 1 saturated heterocycles. The van der Waals surface area contributed by atoms with Gasteiger partial charge in [-0.1, -0.05) is 11.6 Å². The number of carbonyl (C=O) groups is 2. The highest BCUT2D eigenvalue weighted by Gasteiger charge is 2.22. The van der Waals surface area contributed by atoms with Crippen LogP contribution in [0.1, 0.15) is 23.2 Å². The van der Waals surface area contributed by atoms with E-state index in [2.05, 4.69) is 10.6 Å². The van der Waals surface area contributed by atoms with Crippen molar-refractivity contribution in [2.75, 3.05) is 11.9 Å². The molecule has 1 aromatic rings. The van der Waals surface area contributed by atoms with Crippen molar-refractivity contribution >= 4 is 29.2 Å². The fourth-order valence-electron chi connectivity index (χ4n) is 1.88. The molecule has 3 N–H and O–H groups in total. The summed E-state index contributed by atoms with van der Waals surface area (Å²) in [7, 11) is 0. The second-order valence-corrected chi connectivity index (χ2v) is 4.55. The first-order valence-corrected chi connectivity index (χ1v) is 6.03. The van der Waals surface area contributed by atoms with Crippen molar-refractivity contribution in [3.05, 3.63) is 28.8 Å². The second-order valence-electron chi connectivity index (χ2n) is 4.14. The Labute approximate surface area is 109 Å². The molecule has 2 rings (SSSR count). The zero-order chi connectivity index (χ0) is 13.1. The standard InChI is InChI=1S/C12H13ClN2O3/c13-8-4-3-7(12(17)18)6-10(8)15-11(16)9-2-1-5-14-9/h3-4,6,9,14H,1-2,5H2,(H,15,16)(H,17,18)/t9-/m0/s1. The predicted octanol–water partition coefficient (Wildman–Crippen LogP) is 1.73. The third-order valence-corrected chi connectivity index (χ3v) is 3.18. The van der Waals surface area contributed by atoms with Crippen LogP contribution in [-0.4, -0.2) is 29.6 Å². The fourth-order valence-corrected chi connectivity index (χ4v) is 2.05. The van der Waals surface area contributed by atoms with Crippen LogP contribution in [0.4, 0.5) is 5.69 Å². The number of hydrogen-bond acceptors (Lipinski definition) is 3. The lowest BCUT2D eigenvalue weighted by molar-refractivity contribution is -0.117. The van der Waals surface area contributed by atoms with E-state index in [9.17, 15) is 9.59 Å². The summed E-state index contributed by atoms with van der Waals surface area (Å²) in [5.41, 5.74) is 0.421. The lowest BCUT2D eigenvalue weighted by atomic mass is 10.1. The van der Waals surface area contributed by atoms with Crippen LogP contribution in [0.3, 0.4) is 0 Å². The number of halogens is 1. The van der Waals surface area contributed by atoms with Gasteiger partial charge in [-0.2, -0.15) is 0 Å². The molecule has 1 aliphatic rings. The second kappa shape index (κ2) is 5.37. The van der Waals surface area contributed by atoms with E-state index in [-0.39, 0.29) is 17.5 Å². The van der Waals surface area contributed by atoms with Crippen LogP contribution in [0, 0.1) is 0 Å². The molecular formula is C12H13ClN2O3. The molecule has 6 heteroatoms. The van der Waals surface area contributed by atoms with Gasteiger partial charge in [-0.25, -0.2) is 4.79 Å². The fraction of sp³-hybridized carbons (Fsp3) is 0.333. The molecule has 1 amide bonds. The highest BCUT2D eigenvalue weighted by molar-refractivity contribution is 6.33. The normalized spacial score (nSPS) is 18.6. The SMILES string of the molecule is O=C(O)c1ccc(Cl)c(NC(=O)[C@@H]2CCCN2)c1. The summed E-state index contributed by atoms with van der Waals surface area (Å²) in [6, 6.07) is 3.99. The summed E-state index contributed by atoms with van der Waals surface area (Å²) in [6.07, 6.45) is 1.74. The number of carbonyl (C=O) groups excluding carboxylic acids is 1. The Balaban J connectivity index is 2.14. The topological polar surface area (TPSA) is 78.4 Å². The number of aromatic carboxylic acids is 1. The Kier molecular flexibility index (Phi) is 3.84. The highest BCUT2D eigenvalue weighted by Crippen LogP contribution is 2.23.